The lowest BCUT2D eigenvalue weighted by atomic mass is 9.94. The summed E-state index contributed by atoms with van der Waals surface area (Å²) in [5.41, 5.74) is 1.12. The first-order chi connectivity index (χ1) is 8.27. The van der Waals surface area contributed by atoms with Crippen LogP contribution in [0.4, 0.5) is 0 Å². The molecule has 17 heavy (non-hydrogen) atoms. The number of halogens is 1. The minimum atomic E-state index is -0.277. The number of thiophene rings is 1. The second-order valence-corrected chi connectivity index (χ2v) is 6.53. The molecule has 1 aliphatic rings. The van der Waals surface area contributed by atoms with Gasteiger partial charge in [-0.2, -0.15) is 0 Å². The normalized spacial score (nSPS) is 18.9. The van der Waals surface area contributed by atoms with Crippen LogP contribution < -0.4 is 0 Å². The number of aliphatic hydroxyl groups is 1. The molecule has 0 aliphatic heterocycles. The second kappa shape index (κ2) is 4.71. The van der Waals surface area contributed by atoms with Gasteiger partial charge >= 0.3 is 0 Å². The van der Waals surface area contributed by atoms with E-state index in [1.54, 1.807) is 11.3 Å². The van der Waals surface area contributed by atoms with Gasteiger partial charge < -0.3 is 5.11 Å². The summed E-state index contributed by atoms with van der Waals surface area (Å²) in [6.07, 6.45) is 4.61. The molecule has 1 aromatic heterocycles. The number of aliphatic hydroxyl groups excluding tert-OH is 1. The van der Waals surface area contributed by atoms with Gasteiger partial charge in [-0.15, -0.1) is 11.3 Å². The van der Waals surface area contributed by atoms with Crippen LogP contribution in [0.5, 0.6) is 0 Å². The molecule has 3 heteroatoms. The molecule has 1 nitrogen and oxygen atoms in total. The standard InChI is InChI=1S/C14H15BrOS/c15-12-7-3-6-10-11(8-17-14(10)12)13(16)9-4-1-2-5-9/h3,6-9,13,16H,1-2,4-5H2. The molecular weight excluding hydrogens is 296 g/mol. The monoisotopic (exact) mass is 310 g/mol. The maximum atomic E-state index is 10.5. The largest absolute Gasteiger partial charge is 0.388 e. The fourth-order valence-electron chi connectivity index (χ4n) is 2.80. The zero-order valence-electron chi connectivity index (χ0n) is 9.53. The Hall–Kier alpha value is -0.380. The summed E-state index contributed by atoms with van der Waals surface area (Å²) in [7, 11) is 0. The molecule has 90 valence electrons. The molecule has 1 fully saturated rings. The molecule has 3 rings (SSSR count). The Balaban J connectivity index is 2.02. The average molecular weight is 311 g/mol. The third kappa shape index (κ3) is 2.05. The average Bonchev–Trinajstić information content (AvgIpc) is 2.98. The minimum Gasteiger partial charge on any atom is -0.388 e. The van der Waals surface area contributed by atoms with Gasteiger partial charge in [0.05, 0.1) is 6.10 Å². The summed E-state index contributed by atoms with van der Waals surface area (Å²) in [5, 5.41) is 13.8. The first kappa shape index (κ1) is 11.7. The number of rotatable bonds is 2. The van der Waals surface area contributed by atoms with Crippen molar-refractivity contribution in [2.24, 2.45) is 5.92 Å². The lowest BCUT2D eigenvalue weighted by molar-refractivity contribution is 0.113. The lowest BCUT2D eigenvalue weighted by Gasteiger charge is -2.17. The molecule has 0 bridgehead atoms. The molecule has 0 amide bonds. The maximum Gasteiger partial charge on any atom is 0.0832 e. The summed E-state index contributed by atoms with van der Waals surface area (Å²) in [6.45, 7) is 0. The van der Waals surface area contributed by atoms with Gasteiger partial charge in [0, 0.05) is 9.17 Å². The van der Waals surface area contributed by atoms with Crippen molar-refractivity contribution in [1.29, 1.82) is 0 Å². The molecule has 1 unspecified atom stereocenters. The van der Waals surface area contributed by atoms with Gasteiger partial charge in [-0.05, 0) is 57.1 Å². The molecule has 0 spiro atoms. The molecule has 0 radical (unpaired) electrons. The molecule has 1 heterocycles. The van der Waals surface area contributed by atoms with Crippen LogP contribution in [0.25, 0.3) is 10.1 Å². The number of hydrogen-bond acceptors (Lipinski definition) is 2. The van der Waals surface area contributed by atoms with Gasteiger partial charge in [0.15, 0.2) is 0 Å². The fourth-order valence-corrected chi connectivity index (χ4v) is 4.45. The van der Waals surface area contributed by atoms with E-state index in [4.69, 9.17) is 0 Å². The van der Waals surface area contributed by atoms with E-state index in [1.165, 1.54) is 35.8 Å². The SMILES string of the molecule is OC(c1csc2c(Br)cccc12)C1CCCC1. The highest BCUT2D eigenvalue weighted by Crippen LogP contribution is 2.41. The molecule has 1 atom stereocenters. The van der Waals surface area contributed by atoms with E-state index in [0.717, 1.165) is 10.0 Å². The Morgan fingerprint density at radius 3 is 2.82 bits per heavy atom. The predicted molar refractivity (Wildman–Crippen MR) is 76.4 cm³/mol. The van der Waals surface area contributed by atoms with E-state index in [0.29, 0.717) is 5.92 Å². The summed E-state index contributed by atoms with van der Waals surface area (Å²) < 4.78 is 2.38. The van der Waals surface area contributed by atoms with Crippen LogP contribution in [-0.2, 0) is 0 Å². The van der Waals surface area contributed by atoms with Crippen LogP contribution in [0.1, 0.15) is 37.4 Å². The topological polar surface area (TPSA) is 20.2 Å². The zero-order chi connectivity index (χ0) is 11.8. The molecule has 1 aromatic carbocycles. The Morgan fingerprint density at radius 1 is 1.29 bits per heavy atom. The first-order valence-electron chi connectivity index (χ1n) is 6.11. The highest BCUT2D eigenvalue weighted by molar-refractivity contribution is 9.10. The van der Waals surface area contributed by atoms with Crippen molar-refractivity contribution >= 4 is 37.4 Å². The van der Waals surface area contributed by atoms with E-state index in [-0.39, 0.29) is 6.10 Å². The quantitative estimate of drug-likeness (QED) is 0.837. The summed E-state index contributed by atoms with van der Waals surface area (Å²) >= 11 is 5.29. The number of benzene rings is 1. The summed E-state index contributed by atoms with van der Waals surface area (Å²) in [4.78, 5) is 0. The van der Waals surface area contributed by atoms with Crippen molar-refractivity contribution in [3.63, 3.8) is 0 Å². The Labute approximate surface area is 114 Å². The van der Waals surface area contributed by atoms with Crippen LogP contribution >= 0.6 is 27.3 Å². The molecule has 1 aliphatic carbocycles. The number of hydrogen-bond donors (Lipinski definition) is 1. The Kier molecular flexibility index (Phi) is 3.24. The van der Waals surface area contributed by atoms with Gasteiger partial charge in [0.1, 0.15) is 0 Å². The Morgan fingerprint density at radius 2 is 2.06 bits per heavy atom. The van der Waals surface area contributed by atoms with E-state index < -0.39 is 0 Å². The molecule has 2 aromatic rings. The summed E-state index contributed by atoms with van der Waals surface area (Å²) in [6, 6.07) is 6.22. The molecule has 1 N–H and O–H groups in total. The van der Waals surface area contributed by atoms with Gasteiger partial charge in [-0.25, -0.2) is 0 Å². The van der Waals surface area contributed by atoms with Crippen molar-refractivity contribution < 1.29 is 5.11 Å². The first-order valence-corrected chi connectivity index (χ1v) is 7.78. The van der Waals surface area contributed by atoms with Crippen molar-refractivity contribution in [2.75, 3.05) is 0 Å². The third-order valence-electron chi connectivity index (χ3n) is 3.75. The molecule has 0 saturated heterocycles. The second-order valence-electron chi connectivity index (χ2n) is 4.80. The third-order valence-corrected chi connectivity index (χ3v) is 5.72. The molecule has 1 saturated carbocycles. The van der Waals surface area contributed by atoms with Crippen LogP contribution in [-0.4, -0.2) is 5.11 Å². The zero-order valence-corrected chi connectivity index (χ0v) is 11.9. The van der Waals surface area contributed by atoms with Gasteiger partial charge in [0.2, 0.25) is 0 Å². The smallest absolute Gasteiger partial charge is 0.0832 e. The van der Waals surface area contributed by atoms with Crippen molar-refractivity contribution in [3.8, 4) is 0 Å². The van der Waals surface area contributed by atoms with Crippen LogP contribution in [0, 0.1) is 5.92 Å². The van der Waals surface area contributed by atoms with Crippen LogP contribution in [0.3, 0.4) is 0 Å². The van der Waals surface area contributed by atoms with E-state index in [9.17, 15) is 5.11 Å². The Bertz CT molecular complexity index is 528. The predicted octanol–water partition coefficient (Wildman–Crippen LogP) is 4.89. The lowest BCUT2D eigenvalue weighted by Crippen LogP contribution is -2.08. The minimum absolute atomic E-state index is 0.277. The fraction of sp³-hybridized carbons (Fsp3) is 0.429. The maximum absolute atomic E-state index is 10.5. The molecular formula is C14H15BrOS. The van der Waals surface area contributed by atoms with E-state index in [1.807, 2.05) is 6.07 Å². The van der Waals surface area contributed by atoms with E-state index >= 15 is 0 Å². The van der Waals surface area contributed by atoms with Crippen molar-refractivity contribution in [3.05, 3.63) is 33.6 Å². The van der Waals surface area contributed by atoms with Gasteiger partial charge in [-0.1, -0.05) is 25.0 Å². The highest BCUT2D eigenvalue weighted by Gasteiger charge is 2.26. The van der Waals surface area contributed by atoms with Crippen LogP contribution in [0.2, 0.25) is 0 Å². The number of fused-ring (bicyclic) bond motifs is 1. The van der Waals surface area contributed by atoms with Crippen molar-refractivity contribution in [2.45, 2.75) is 31.8 Å². The van der Waals surface area contributed by atoms with Crippen LogP contribution in [0.15, 0.2) is 28.1 Å². The van der Waals surface area contributed by atoms with E-state index in [2.05, 4.69) is 33.4 Å². The van der Waals surface area contributed by atoms with Gasteiger partial charge in [0.25, 0.3) is 0 Å². The highest BCUT2D eigenvalue weighted by atomic mass is 79.9. The summed E-state index contributed by atoms with van der Waals surface area (Å²) in [5.74, 6) is 0.465. The van der Waals surface area contributed by atoms with Gasteiger partial charge in [-0.3, -0.25) is 0 Å². The van der Waals surface area contributed by atoms with Crippen molar-refractivity contribution in [1.82, 2.24) is 0 Å².